The van der Waals surface area contributed by atoms with E-state index in [1.54, 1.807) is 0 Å². The van der Waals surface area contributed by atoms with Crippen LogP contribution in [0.5, 0.6) is 5.75 Å². The van der Waals surface area contributed by atoms with Crippen molar-refractivity contribution in [3.63, 3.8) is 0 Å². The van der Waals surface area contributed by atoms with Gasteiger partial charge in [0, 0.05) is 5.88 Å². The van der Waals surface area contributed by atoms with Gasteiger partial charge in [-0.3, -0.25) is 0 Å². The third kappa shape index (κ3) is 3.08. The van der Waals surface area contributed by atoms with E-state index in [0.29, 0.717) is 5.56 Å². The minimum absolute atomic E-state index is 0.0655. The fraction of sp³-hybridized carbons (Fsp3) is 0.273. The summed E-state index contributed by atoms with van der Waals surface area (Å²) in [6, 6.07) is 4.05. The van der Waals surface area contributed by atoms with E-state index in [-0.39, 0.29) is 22.8 Å². The molecule has 0 aliphatic carbocycles. The van der Waals surface area contributed by atoms with Crippen molar-refractivity contribution < 1.29 is 23.0 Å². The Morgan fingerprint density at radius 1 is 1.56 bits per heavy atom. The summed E-state index contributed by atoms with van der Waals surface area (Å²) in [5, 5.41) is 8.85. The van der Waals surface area contributed by atoms with Crippen molar-refractivity contribution in [2.45, 2.75) is 12.5 Å². The minimum atomic E-state index is -3.09. The first kappa shape index (κ1) is 14.2. The maximum absolute atomic E-state index is 12.2. The normalized spacial score (nSPS) is 10.0. The second kappa shape index (κ2) is 6.17. The molecule has 1 aromatic carbocycles. The van der Waals surface area contributed by atoms with Crippen molar-refractivity contribution in [1.82, 2.24) is 0 Å². The predicted octanol–water partition coefficient (Wildman–Crippen LogP) is 2.69. The van der Waals surface area contributed by atoms with Crippen molar-refractivity contribution in [1.29, 1.82) is 5.26 Å². The van der Waals surface area contributed by atoms with Gasteiger partial charge < -0.3 is 9.47 Å². The lowest BCUT2D eigenvalue weighted by Crippen LogP contribution is -2.10. The molecule has 7 heteroatoms. The molecule has 0 bridgehead atoms. The third-order valence-corrected chi connectivity index (χ3v) is 2.38. The summed E-state index contributed by atoms with van der Waals surface area (Å²) in [6.45, 7) is -3.09. The van der Waals surface area contributed by atoms with Gasteiger partial charge in [-0.05, 0) is 17.7 Å². The number of hydrogen-bond donors (Lipinski definition) is 0. The van der Waals surface area contributed by atoms with E-state index >= 15 is 0 Å². The highest BCUT2D eigenvalue weighted by atomic mass is 35.5. The lowest BCUT2D eigenvalue weighted by molar-refractivity contribution is -0.0504. The number of alkyl halides is 3. The smallest absolute Gasteiger partial charge is 0.387 e. The molecule has 0 aliphatic heterocycles. The fourth-order valence-corrected chi connectivity index (χ4v) is 1.52. The Hall–Kier alpha value is -1.87. The van der Waals surface area contributed by atoms with Crippen LogP contribution in [0.2, 0.25) is 0 Å². The second-order valence-electron chi connectivity index (χ2n) is 3.12. The Morgan fingerprint density at radius 2 is 2.22 bits per heavy atom. The molecule has 0 saturated carbocycles. The number of esters is 1. The van der Waals surface area contributed by atoms with Crippen LogP contribution in [-0.2, 0) is 10.6 Å². The number of methoxy groups -OCH3 is 1. The van der Waals surface area contributed by atoms with Crippen molar-refractivity contribution in [3.05, 3.63) is 28.8 Å². The molecule has 4 nitrogen and oxygen atoms in total. The number of nitriles is 1. The highest BCUT2D eigenvalue weighted by molar-refractivity contribution is 6.17. The molecule has 0 fully saturated rings. The fourth-order valence-electron chi connectivity index (χ4n) is 1.30. The number of benzene rings is 1. The Bertz CT molecular complexity index is 500. The lowest BCUT2D eigenvalue weighted by atomic mass is 10.0. The molecule has 0 aliphatic rings. The summed E-state index contributed by atoms with van der Waals surface area (Å²) in [4.78, 5) is 11.4. The first-order valence-electron chi connectivity index (χ1n) is 4.69. The van der Waals surface area contributed by atoms with E-state index in [1.165, 1.54) is 0 Å². The molecule has 0 saturated heterocycles. The molecule has 18 heavy (non-hydrogen) atoms. The van der Waals surface area contributed by atoms with Gasteiger partial charge >= 0.3 is 12.6 Å². The van der Waals surface area contributed by atoms with Crippen LogP contribution in [0.4, 0.5) is 8.78 Å². The molecule has 1 aromatic rings. The standard InChI is InChI=1S/C11H8ClF2NO3/c1-17-10(16)8-2-7(5-15)6(4-12)3-9(8)18-11(13)14/h2-3,11H,4H2,1H3. The summed E-state index contributed by atoms with van der Waals surface area (Å²) < 4.78 is 33.1. The van der Waals surface area contributed by atoms with Crippen molar-refractivity contribution in [2.75, 3.05) is 7.11 Å². The third-order valence-electron chi connectivity index (χ3n) is 2.09. The molecule has 0 spiro atoms. The summed E-state index contributed by atoms with van der Waals surface area (Å²) in [5.41, 5.74) is 0.151. The van der Waals surface area contributed by atoms with E-state index in [9.17, 15) is 13.6 Å². The summed E-state index contributed by atoms with van der Waals surface area (Å²) in [7, 11) is 1.09. The van der Waals surface area contributed by atoms with Crippen LogP contribution in [0.3, 0.4) is 0 Å². The summed E-state index contributed by atoms with van der Waals surface area (Å²) in [5.74, 6) is -1.31. The number of carbonyl (C=O) groups is 1. The average molecular weight is 276 g/mol. The highest BCUT2D eigenvalue weighted by Crippen LogP contribution is 2.27. The molecule has 0 N–H and O–H groups in total. The summed E-state index contributed by atoms with van der Waals surface area (Å²) >= 11 is 5.57. The SMILES string of the molecule is COC(=O)c1cc(C#N)c(CCl)cc1OC(F)F. The van der Waals surface area contributed by atoms with Gasteiger partial charge in [-0.1, -0.05) is 0 Å². The van der Waals surface area contributed by atoms with Gasteiger partial charge in [-0.2, -0.15) is 14.0 Å². The number of rotatable bonds is 4. The Morgan fingerprint density at radius 3 is 2.67 bits per heavy atom. The van der Waals surface area contributed by atoms with Crippen LogP contribution in [-0.4, -0.2) is 19.7 Å². The van der Waals surface area contributed by atoms with Gasteiger partial charge in [0.15, 0.2) is 0 Å². The molecule has 0 atom stereocenters. The van der Waals surface area contributed by atoms with Crippen molar-refractivity contribution in [3.8, 4) is 11.8 Å². The molecular formula is C11H8ClF2NO3. The van der Waals surface area contributed by atoms with Gasteiger partial charge in [-0.15, -0.1) is 11.6 Å². The number of carbonyl (C=O) groups excluding carboxylic acids is 1. The van der Waals surface area contributed by atoms with Crippen LogP contribution in [0.15, 0.2) is 12.1 Å². The Balaban J connectivity index is 3.36. The minimum Gasteiger partial charge on any atom is -0.465 e. The van der Waals surface area contributed by atoms with Crippen LogP contribution >= 0.6 is 11.6 Å². The predicted molar refractivity (Wildman–Crippen MR) is 58.7 cm³/mol. The topological polar surface area (TPSA) is 59.3 Å². The monoisotopic (exact) mass is 275 g/mol. The number of halogens is 3. The van der Waals surface area contributed by atoms with Crippen molar-refractivity contribution in [2.24, 2.45) is 0 Å². The second-order valence-corrected chi connectivity index (χ2v) is 3.39. The summed E-state index contributed by atoms with van der Waals surface area (Å²) in [6.07, 6.45) is 0. The zero-order chi connectivity index (χ0) is 13.7. The molecule has 0 heterocycles. The van der Waals surface area contributed by atoms with Crippen LogP contribution in [0.1, 0.15) is 21.5 Å². The number of ether oxygens (including phenoxy) is 2. The van der Waals surface area contributed by atoms with E-state index in [4.69, 9.17) is 16.9 Å². The molecule has 96 valence electrons. The van der Waals surface area contributed by atoms with Crippen molar-refractivity contribution >= 4 is 17.6 Å². The molecule has 1 rings (SSSR count). The molecule has 0 amide bonds. The van der Waals surface area contributed by atoms with Gasteiger partial charge in [0.25, 0.3) is 0 Å². The van der Waals surface area contributed by atoms with Gasteiger partial charge in [0.1, 0.15) is 11.3 Å². The zero-order valence-electron chi connectivity index (χ0n) is 9.25. The first-order chi connectivity index (χ1) is 8.53. The van der Waals surface area contributed by atoms with Gasteiger partial charge in [0.05, 0.1) is 18.7 Å². The number of hydrogen-bond acceptors (Lipinski definition) is 4. The molecule has 0 radical (unpaired) electrons. The van der Waals surface area contributed by atoms with Gasteiger partial charge in [0.2, 0.25) is 0 Å². The largest absolute Gasteiger partial charge is 0.465 e. The van der Waals surface area contributed by atoms with Gasteiger partial charge in [-0.25, -0.2) is 4.79 Å². The first-order valence-corrected chi connectivity index (χ1v) is 5.23. The van der Waals surface area contributed by atoms with E-state index in [0.717, 1.165) is 19.2 Å². The Kier molecular flexibility index (Phi) is 4.86. The van der Waals surface area contributed by atoms with E-state index < -0.39 is 12.6 Å². The highest BCUT2D eigenvalue weighted by Gasteiger charge is 2.19. The Labute approximate surface area is 107 Å². The molecule has 0 unspecified atom stereocenters. The van der Waals surface area contributed by atoms with Crippen LogP contribution in [0.25, 0.3) is 0 Å². The maximum atomic E-state index is 12.2. The number of nitrogens with zero attached hydrogens (tertiary/aromatic N) is 1. The zero-order valence-corrected chi connectivity index (χ0v) is 10.0. The van der Waals surface area contributed by atoms with E-state index in [1.807, 2.05) is 6.07 Å². The van der Waals surface area contributed by atoms with E-state index in [2.05, 4.69) is 9.47 Å². The molecular weight excluding hydrogens is 268 g/mol. The van der Waals surface area contributed by atoms with Crippen LogP contribution in [0, 0.1) is 11.3 Å². The quantitative estimate of drug-likeness (QED) is 0.626. The average Bonchev–Trinajstić information content (AvgIpc) is 2.36. The van der Waals surface area contributed by atoms with Crippen LogP contribution < -0.4 is 4.74 Å². The lowest BCUT2D eigenvalue weighted by Gasteiger charge is -2.11. The maximum Gasteiger partial charge on any atom is 0.387 e. The molecule has 0 aromatic heterocycles.